The number of rotatable bonds is 8. The van der Waals surface area contributed by atoms with Gasteiger partial charge in [-0.1, -0.05) is 25.4 Å². The van der Waals surface area contributed by atoms with Gasteiger partial charge >= 0.3 is 0 Å². The van der Waals surface area contributed by atoms with Crippen LogP contribution in [0.15, 0.2) is 47.4 Å². The Morgan fingerprint density at radius 2 is 1.60 bits per heavy atom. The van der Waals surface area contributed by atoms with Gasteiger partial charge in [0.15, 0.2) is 0 Å². The van der Waals surface area contributed by atoms with Crippen LogP contribution in [0.4, 0.5) is 5.69 Å². The van der Waals surface area contributed by atoms with Gasteiger partial charge in [0.25, 0.3) is 11.8 Å². The van der Waals surface area contributed by atoms with Crippen LogP contribution in [-0.2, 0) is 10.0 Å². The SMILES string of the molecule is CCN(CC)S(=O)(=O)c1ccc(Cl)c(C(=O)Nc2ccc(C(=O)NC(C)C)cc2)c1. The lowest BCUT2D eigenvalue weighted by Crippen LogP contribution is -2.30. The fraction of sp³-hybridized carbons (Fsp3) is 0.333. The Morgan fingerprint density at radius 3 is 2.13 bits per heavy atom. The third-order valence-electron chi connectivity index (χ3n) is 4.35. The van der Waals surface area contributed by atoms with Crippen LogP contribution in [-0.4, -0.2) is 43.7 Å². The van der Waals surface area contributed by atoms with E-state index >= 15 is 0 Å². The van der Waals surface area contributed by atoms with E-state index < -0.39 is 15.9 Å². The normalized spacial score (nSPS) is 11.6. The van der Waals surface area contributed by atoms with Crippen LogP contribution in [0, 0.1) is 0 Å². The number of sulfonamides is 1. The molecule has 0 bridgehead atoms. The molecule has 30 heavy (non-hydrogen) atoms. The molecule has 0 unspecified atom stereocenters. The highest BCUT2D eigenvalue weighted by Crippen LogP contribution is 2.24. The fourth-order valence-electron chi connectivity index (χ4n) is 2.80. The van der Waals surface area contributed by atoms with Gasteiger partial charge in [-0.15, -0.1) is 0 Å². The largest absolute Gasteiger partial charge is 0.350 e. The molecule has 0 saturated carbocycles. The van der Waals surface area contributed by atoms with Crippen molar-refractivity contribution in [2.24, 2.45) is 0 Å². The van der Waals surface area contributed by atoms with Crippen molar-refractivity contribution < 1.29 is 18.0 Å². The number of benzene rings is 2. The highest BCUT2D eigenvalue weighted by Gasteiger charge is 2.24. The third kappa shape index (κ3) is 5.59. The van der Waals surface area contributed by atoms with E-state index in [2.05, 4.69) is 10.6 Å². The van der Waals surface area contributed by atoms with Gasteiger partial charge in [0.2, 0.25) is 10.0 Å². The second kappa shape index (κ2) is 10.1. The molecule has 0 heterocycles. The zero-order valence-electron chi connectivity index (χ0n) is 17.4. The molecule has 2 aromatic carbocycles. The zero-order valence-corrected chi connectivity index (χ0v) is 19.0. The first-order valence-corrected chi connectivity index (χ1v) is 11.4. The Hall–Kier alpha value is -2.42. The standard InChI is InChI=1S/C21H26ClN3O4S/c1-5-25(6-2)30(28,29)17-11-12-19(22)18(13-17)21(27)24-16-9-7-15(8-10-16)20(26)23-14(3)4/h7-14H,5-6H2,1-4H3,(H,23,26)(H,24,27). The minimum absolute atomic E-state index is 0.00135. The smallest absolute Gasteiger partial charge is 0.257 e. The topological polar surface area (TPSA) is 95.6 Å². The van der Waals surface area contributed by atoms with E-state index in [4.69, 9.17) is 11.6 Å². The number of anilines is 1. The second-order valence-electron chi connectivity index (χ2n) is 6.89. The quantitative estimate of drug-likeness (QED) is 0.638. The van der Waals surface area contributed by atoms with Gasteiger partial charge in [0, 0.05) is 30.4 Å². The number of hydrogen-bond donors (Lipinski definition) is 2. The van der Waals surface area contributed by atoms with E-state index in [1.54, 1.807) is 38.1 Å². The Kier molecular flexibility index (Phi) is 8.00. The number of carbonyl (C=O) groups is 2. The molecule has 2 N–H and O–H groups in total. The summed E-state index contributed by atoms with van der Waals surface area (Å²) in [5.74, 6) is -0.754. The molecule has 2 aromatic rings. The molecular formula is C21H26ClN3O4S. The molecule has 2 amide bonds. The molecule has 0 fully saturated rings. The van der Waals surface area contributed by atoms with E-state index in [0.717, 1.165) is 0 Å². The van der Waals surface area contributed by atoms with E-state index in [9.17, 15) is 18.0 Å². The first-order chi connectivity index (χ1) is 14.1. The average molecular weight is 452 g/mol. The van der Waals surface area contributed by atoms with Gasteiger partial charge in [-0.2, -0.15) is 4.31 Å². The van der Waals surface area contributed by atoms with Gasteiger partial charge in [0.1, 0.15) is 0 Å². The van der Waals surface area contributed by atoms with Crippen molar-refractivity contribution >= 4 is 39.1 Å². The Labute approximate surface area is 182 Å². The minimum atomic E-state index is -3.72. The van der Waals surface area contributed by atoms with Crippen molar-refractivity contribution in [2.75, 3.05) is 18.4 Å². The van der Waals surface area contributed by atoms with Gasteiger partial charge in [-0.05, 0) is 56.3 Å². The highest BCUT2D eigenvalue weighted by atomic mass is 35.5. The minimum Gasteiger partial charge on any atom is -0.350 e. The monoisotopic (exact) mass is 451 g/mol. The summed E-state index contributed by atoms with van der Waals surface area (Å²) in [6.45, 7) is 7.86. The predicted octanol–water partition coefficient (Wildman–Crippen LogP) is 3.76. The molecule has 0 spiro atoms. The molecule has 0 atom stereocenters. The third-order valence-corrected chi connectivity index (χ3v) is 6.73. The van der Waals surface area contributed by atoms with Gasteiger partial charge < -0.3 is 10.6 Å². The average Bonchev–Trinajstić information content (AvgIpc) is 2.68. The molecule has 0 aromatic heterocycles. The van der Waals surface area contributed by atoms with Crippen LogP contribution >= 0.6 is 11.6 Å². The maximum absolute atomic E-state index is 12.7. The lowest BCUT2D eigenvalue weighted by molar-refractivity contribution is 0.0942. The predicted molar refractivity (Wildman–Crippen MR) is 119 cm³/mol. The van der Waals surface area contributed by atoms with Crippen LogP contribution in [0.1, 0.15) is 48.4 Å². The summed E-state index contributed by atoms with van der Waals surface area (Å²) < 4.78 is 26.8. The first kappa shape index (κ1) is 23.9. The lowest BCUT2D eigenvalue weighted by Gasteiger charge is -2.19. The van der Waals surface area contributed by atoms with Crippen molar-refractivity contribution in [2.45, 2.75) is 38.6 Å². The van der Waals surface area contributed by atoms with Crippen molar-refractivity contribution in [3.8, 4) is 0 Å². The molecule has 162 valence electrons. The van der Waals surface area contributed by atoms with Crippen LogP contribution < -0.4 is 10.6 Å². The van der Waals surface area contributed by atoms with Crippen LogP contribution in [0.25, 0.3) is 0 Å². The molecule has 0 aliphatic rings. The van der Waals surface area contributed by atoms with Crippen molar-refractivity contribution in [3.63, 3.8) is 0 Å². The molecule has 0 aliphatic heterocycles. The van der Waals surface area contributed by atoms with Crippen molar-refractivity contribution in [3.05, 3.63) is 58.6 Å². The number of carbonyl (C=O) groups excluding carboxylic acids is 2. The molecule has 9 heteroatoms. The highest BCUT2D eigenvalue weighted by molar-refractivity contribution is 7.89. The van der Waals surface area contributed by atoms with E-state index in [1.165, 1.54) is 22.5 Å². The summed E-state index contributed by atoms with van der Waals surface area (Å²) in [7, 11) is -3.72. The van der Waals surface area contributed by atoms with Crippen molar-refractivity contribution in [1.82, 2.24) is 9.62 Å². The molecule has 2 rings (SSSR count). The lowest BCUT2D eigenvalue weighted by atomic mass is 10.1. The van der Waals surface area contributed by atoms with Gasteiger partial charge in [-0.3, -0.25) is 9.59 Å². The van der Waals surface area contributed by atoms with Crippen molar-refractivity contribution in [1.29, 1.82) is 0 Å². The fourth-order valence-corrected chi connectivity index (χ4v) is 4.49. The van der Waals surface area contributed by atoms with E-state index in [1.807, 2.05) is 13.8 Å². The number of nitrogens with zero attached hydrogens (tertiary/aromatic N) is 1. The van der Waals surface area contributed by atoms with Gasteiger partial charge in [0.05, 0.1) is 15.5 Å². The van der Waals surface area contributed by atoms with Crippen LogP contribution in [0.3, 0.4) is 0 Å². The van der Waals surface area contributed by atoms with E-state index in [0.29, 0.717) is 24.3 Å². The maximum Gasteiger partial charge on any atom is 0.257 e. The summed E-state index contributed by atoms with van der Waals surface area (Å²) >= 11 is 6.15. The second-order valence-corrected chi connectivity index (χ2v) is 9.24. The van der Waals surface area contributed by atoms with Crippen LogP contribution in [0.5, 0.6) is 0 Å². The zero-order chi connectivity index (χ0) is 22.5. The summed E-state index contributed by atoms with van der Waals surface area (Å²) in [6, 6.07) is 10.4. The molecule has 0 radical (unpaired) electrons. The Morgan fingerprint density at radius 1 is 1.00 bits per heavy atom. The maximum atomic E-state index is 12.7. The molecular weight excluding hydrogens is 426 g/mol. The van der Waals surface area contributed by atoms with Crippen LogP contribution in [0.2, 0.25) is 5.02 Å². The number of halogens is 1. The van der Waals surface area contributed by atoms with E-state index in [-0.39, 0.29) is 27.4 Å². The molecule has 7 nitrogen and oxygen atoms in total. The number of hydrogen-bond acceptors (Lipinski definition) is 4. The molecule has 0 saturated heterocycles. The summed E-state index contributed by atoms with van der Waals surface area (Å²) in [5.41, 5.74) is 0.965. The summed E-state index contributed by atoms with van der Waals surface area (Å²) in [5, 5.41) is 5.60. The number of nitrogens with one attached hydrogen (secondary N) is 2. The summed E-state index contributed by atoms with van der Waals surface area (Å²) in [4.78, 5) is 24.7. The molecule has 0 aliphatic carbocycles. The number of amides is 2. The Bertz CT molecular complexity index is 1020. The summed E-state index contributed by atoms with van der Waals surface area (Å²) in [6.07, 6.45) is 0. The Balaban J connectivity index is 2.24. The first-order valence-electron chi connectivity index (χ1n) is 9.62. The van der Waals surface area contributed by atoms with Gasteiger partial charge in [-0.25, -0.2) is 8.42 Å².